The standard InChI is InChI=1S/C18H20N4O/c1-21(11-13-2-5-17-20-8-9-22(17)12-13)18(23)15-4-3-14-6-7-19-16(14)10-15/h3-4,6-10,13,19H,2,5,11-12H2,1H3/t13-/m0/s1. The molecule has 118 valence electrons. The van der Waals surface area contributed by atoms with Gasteiger partial charge in [0.05, 0.1) is 0 Å². The number of rotatable bonds is 3. The molecule has 0 saturated heterocycles. The van der Waals surface area contributed by atoms with Gasteiger partial charge in [0.25, 0.3) is 5.91 Å². The highest BCUT2D eigenvalue weighted by atomic mass is 16.2. The Morgan fingerprint density at radius 2 is 2.35 bits per heavy atom. The van der Waals surface area contributed by atoms with E-state index in [1.165, 1.54) is 0 Å². The van der Waals surface area contributed by atoms with E-state index in [2.05, 4.69) is 14.5 Å². The smallest absolute Gasteiger partial charge is 0.253 e. The van der Waals surface area contributed by atoms with Gasteiger partial charge in [-0.3, -0.25) is 4.79 Å². The second kappa shape index (κ2) is 5.57. The van der Waals surface area contributed by atoms with Gasteiger partial charge in [0.2, 0.25) is 0 Å². The fraction of sp³-hybridized carbons (Fsp3) is 0.333. The van der Waals surface area contributed by atoms with Crippen LogP contribution in [0.1, 0.15) is 22.6 Å². The molecule has 1 N–H and O–H groups in total. The number of hydrogen-bond acceptors (Lipinski definition) is 2. The van der Waals surface area contributed by atoms with Gasteiger partial charge in [0.1, 0.15) is 5.82 Å². The van der Waals surface area contributed by atoms with E-state index in [-0.39, 0.29) is 5.91 Å². The average molecular weight is 308 g/mol. The predicted octanol–water partition coefficient (Wildman–Crippen LogP) is 2.70. The molecule has 1 atom stereocenters. The first-order valence-corrected chi connectivity index (χ1v) is 8.03. The van der Waals surface area contributed by atoms with Crippen molar-refractivity contribution in [2.45, 2.75) is 19.4 Å². The van der Waals surface area contributed by atoms with Crippen LogP contribution in [-0.4, -0.2) is 38.9 Å². The molecule has 3 heterocycles. The molecule has 0 bridgehead atoms. The SMILES string of the molecule is CN(C[C@@H]1CCc2nccn2C1)C(=O)c1ccc2cc[nH]c2c1. The van der Waals surface area contributed by atoms with Gasteiger partial charge >= 0.3 is 0 Å². The van der Waals surface area contributed by atoms with Crippen molar-refractivity contribution in [3.63, 3.8) is 0 Å². The predicted molar refractivity (Wildman–Crippen MR) is 89.3 cm³/mol. The van der Waals surface area contributed by atoms with E-state index < -0.39 is 0 Å². The van der Waals surface area contributed by atoms with Gasteiger partial charge < -0.3 is 14.5 Å². The summed E-state index contributed by atoms with van der Waals surface area (Å²) >= 11 is 0. The van der Waals surface area contributed by atoms with E-state index in [1.807, 2.05) is 54.8 Å². The van der Waals surface area contributed by atoms with E-state index >= 15 is 0 Å². The van der Waals surface area contributed by atoms with Crippen molar-refractivity contribution in [2.24, 2.45) is 5.92 Å². The quantitative estimate of drug-likeness (QED) is 0.809. The van der Waals surface area contributed by atoms with Gasteiger partial charge in [0.15, 0.2) is 0 Å². The topological polar surface area (TPSA) is 53.9 Å². The highest BCUT2D eigenvalue weighted by Gasteiger charge is 2.22. The molecule has 5 heteroatoms. The number of imidazole rings is 1. The average Bonchev–Trinajstić information content (AvgIpc) is 3.21. The lowest BCUT2D eigenvalue weighted by molar-refractivity contribution is 0.0760. The number of aromatic nitrogens is 3. The van der Waals surface area contributed by atoms with E-state index in [9.17, 15) is 4.79 Å². The number of aryl methyl sites for hydroxylation is 1. The van der Waals surface area contributed by atoms with Crippen LogP contribution >= 0.6 is 0 Å². The van der Waals surface area contributed by atoms with E-state index in [0.717, 1.165) is 48.2 Å². The summed E-state index contributed by atoms with van der Waals surface area (Å²) in [6, 6.07) is 7.84. The Morgan fingerprint density at radius 1 is 1.43 bits per heavy atom. The molecule has 0 spiro atoms. The third kappa shape index (κ3) is 2.63. The van der Waals surface area contributed by atoms with Crippen molar-refractivity contribution in [1.29, 1.82) is 0 Å². The maximum absolute atomic E-state index is 12.7. The summed E-state index contributed by atoms with van der Waals surface area (Å²) < 4.78 is 2.21. The first-order chi connectivity index (χ1) is 11.2. The van der Waals surface area contributed by atoms with Gasteiger partial charge in [-0.25, -0.2) is 4.98 Å². The van der Waals surface area contributed by atoms with Crippen LogP contribution in [0.15, 0.2) is 42.9 Å². The zero-order valence-electron chi connectivity index (χ0n) is 13.2. The Bertz CT molecular complexity index is 847. The molecule has 5 nitrogen and oxygen atoms in total. The van der Waals surface area contributed by atoms with Crippen LogP contribution in [0.3, 0.4) is 0 Å². The number of aromatic amines is 1. The second-order valence-corrected chi connectivity index (χ2v) is 6.37. The molecule has 3 aromatic rings. The van der Waals surface area contributed by atoms with Crippen LogP contribution in [0.4, 0.5) is 0 Å². The summed E-state index contributed by atoms with van der Waals surface area (Å²) in [6.45, 7) is 1.72. The van der Waals surface area contributed by atoms with Crippen molar-refractivity contribution in [3.8, 4) is 0 Å². The van der Waals surface area contributed by atoms with Crippen LogP contribution < -0.4 is 0 Å². The van der Waals surface area contributed by atoms with Crippen LogP contribution in [0, 0.1) is 5.92 Å². The molecule has 0 radical (unpaired) electrons. The molecule has 0 saturated carbocycles. The minimum atomic E-state index is 0.0814. The molecule has 0 unspecified atom stereocenters. The molecule has 2 aromatic heterocycles. The van der Waals surface area contributed by atoms with Crippen LogP contribution in [0.5, 0.6) is 0 Å². The van der Waals surface area contributed by atoms with Crippen molar-refractivity contribution < 1.29 is 4.79 Å². The Balaban J connectivity index is 1.46. The molecule has 1 aromatic carbocycles. The Labute approximate surface area is 134 Å². The zero-order valence-corrected chi connectivity index (χ0v) is 13.2. The Morgan fingerprint density at radius 3 is 3.26 bits per heavy atom. The summed E-state index contributed by atoms with van der Waals surface area (Å²) in [5, 5.41) is 1.13. The zero-order chi connectivity index (χ0) is 15.8. The number of carbonyl (C=O) groups excluding carboxylic acids is 1. The molecule has 4 rings (SSSR count). The summed E-state index contributed by atoms with van der Waals surface area (Å²) in [4.78, 5) is 22.0. The lowest BCUT2D eigenvalue weighted by atomic mass is 9.98. The Kier molecular flexibility index (Phi) is 3.41. The number of amides is 1. The molecule has 1 aliphatic heterocycles. The lowest BCUT2D eigenvalue weighted by Crippen LogP contribution is -2.35. The third-order valence-electron chi connectivity index (χ3n) is 4.71. The number of nitrogens with one attached hydrogen (secondary N) is 1. The summed E-state index contributed by atoms with van der Waals surface area (Å²) in [5.41, 5.74) is 1.74. The normalized spacial score (nSPS) is 17.2. The second-order valence-electron chi connectivity index (χ2n) is 6.37. The number of nitrogens with zero attached hydrogens (tertiary/aromatic N) is 3. The van der Waals surface area contributed by atoms with Crippen LogP contribution in [0.2, 0.25) is 0 Å². The summed E-state index contributed by atoms with van der Waals surface area (Å²) in [5.74, 6) is 1.73. The highest BCUT2D eigenvalue weighted by Crippen LogP contribution is 2.21. The highest BCUT2D eigenvalue weighted by molar-refractivity contribution is 5.97. The molecular formula is C18H20N4O. The summed E-state index contributed by atoms with van der Waals surface area (Å²) in [6.07, 6.45) is 7.87. The lowest BCUT2D eigenvalue weighted by Gasteiger charge is -2.28. The minimum Gasteiger partial charge on any atom is -0.361 e. The van der Waals surface area contributed by atoms with Crippen LogP contribution in [-0.2, 0) is 13.0 Å². The third-order valence-corrected chi connectivity index (χ3v) is 4.71. The van der Waals surface area contributed by atoms with Crippen molar-refractivity contribution in [1.82, 2.24) is 19.4 Å². The number of benzene rings is 1. The van der Waals surface area contributed by atoms with Crippen LogP contribution in [0.25, 0.3) is 10.9 Å². The van der Waals surface area contributed by atoms with E-state index in [1.54, 1.807) is 0 Å². The number of fused-ring (bicyclic) bond motifs is 2. The molecule has 0 fully saturated rings. The molecule has 1 aliphatic rings. The first-order valence-electron chi connectivity index (χ1n) is 8.03. The molecule has 23 heavy (non-hydrogen) atoms. The van der Waals surface area contributed by atoms with Gasteiger partial charge in [-0.1, -0.05) is 6.07 Å². The Hall–Kier alpha value is -2.56. The number of H-pyrrole nitrogens is 1. The van der Waals surface area contributed by atoms with Gasteiger partial charge in [-0.15, -0.1) is 0 Å². The largest absolute Gasteiger partial charge is 0.361 e. The van der Waals surface area contributed by atoms with E-state index in [0.29, 0.717) is 5.92 Å². The van der Waals surface area contributed by atoms with E-state index in [4.69, 9.17) is 0 Å². The number of hydrogen-bond donors (Lipinski definition) is 1. The summed E-state index contributed by atoms with van der Waals surface area (Å²) in [7, 11) is 1.89. The van der Waals surface area contributed by atoms with Gasteiger partial charge in [0, 0.05) is 56.2 Å². The van der Waals surface area contributed by atoms with Gasteiger partial charge in [-0.2, -0.15) is 0 Å². The molecule has 1 amide bonds. The monoisotopic (exact) mass is 308 g/mol. The number of carbonyl (C=O) groups is 1. The fourth-order valence-electron chi connectivity index (χ4n) is 3.46. The first kappa shape index (κ1) is 14.1. The van der Waals surface area contributed by atoms with Crippen molar-refractivity contribution in [3.05, 3.63) is 54.2 Å². The maximum Gasteiger partial charge on any atom is 0.253 e. The fourth-order valence-corrected chi connectivity index (χ4v) is 3.46. The maximum atomic E-state index is 12.7. The van der Waals surface area contributed by atoms with Crippen molar-refractivity contribution >= 4 is 16.8 Å². The molecule has 0 aliphatic carbocycles. The minimum absolute atomic E-state index is 0.0814. The van der Waals surface area contributed by atoms with Gasteiger partial charge in [-0.05, 0) is 35.9 Å². The van der Waals surface area contributed by atoms with Crippen molar-refractivity contribution in [2.75, 3.05) is 13.6 Å². The molecular weight excluding hydrogens is 288 g/mol.